The second kappa shape index (κ2) is 4.82. The van der Waals surface area contributed by atoms with Gasteiger partial charge in [0.05, 0.1) is 0 Å². The Morgan fingerprint density at radius 1 is 1.00 bits per heavy atom. The molecular formula is C15H22O. The molecule has 0 aromatic heterocycles. The predicted molar refractivity (Wildman–Crippen MR) is 69.0 cm³/mol. The lowest BCUT2D eigenvalue weighted by Crippen LogP contribution is -2.19. The monoisotopic (exact) mass is 218 g/mol. The van der Waals surface area contributed by atoms with Crippen LogP contribution in [0.1, 0.15) is 47.8 Å². The summed E-state index contributed by atoms with van der Waals surface area (Å²) in [5.74, 6) is 0.776. The highest BCUT2D eigenvalue weighted by Crippen LogP contribution is 2.23. The van der Waals surface area contributed by atoms with E-state index in [0.717, 1.165) is 16.7 Å². The molecule has 0 aliphatic heterocycles. The second-order valence-electron chi connectivity index (χ2n) is 5.17. The van der Waals surface area contributed by atoms with Crippen molar-refractivity contribution >= 4 is 5.78 Å². The van der Waals surface area contributed by atoms with E-state index in [0.29, 0.717) is 5.92 Å². The van der Waals surface area contributed by atoms with Gasteiger partial charge in [-0.2, -0.15) is 0 Å². The van der Waals surface area contributed by atoms with Crippen molar-refractivity contribution in [1.82, 2.24) is 0 Å². The maximum absolute atomic E-state index is 12.3. The number of rotatable bonds is 3. The Labute approximate surface area is 98.9 Å². The van der Waals surface area contributed by atoms with Crippen LogP contribution in [0, 0.1) is 32.6 Å². The van der Waals surface area contributed by atoms with E-state index in [-0.39, 0.29) is 11.7 Å². The lowest BCUT2D eigenvalue weighted by Gasteiger charge is -2.17. The van der Waals surface area contributed by atoms with E-state index in [4.69, 9.17) is 0 Å². The standard InChI is InChI=1S/C15H22O/c1-9(2)13(6)15(16)14-11(4)7-10(3)8-12(14)5/h7-9,13H,1-6H3. The molecule has 1 unspecified atom stereocenters. The number of carbonyl (C=O) groups is 1. The predicted octanol–water partition coefficient (Wildman–Crippen LogP) is 4.09. The molecule has 0 fully saturated rings. The Morgan fingerprint density at radius 3 is 1.81 bits per heavy atom. The van der Waals surface area contributed by atoms with Crippen molar-refractivity contribution in [1.29, 1.82) is 0 Å². The van der Waals surface area contributed by atoms with Crippen molar-refractivity contribution in [2.75, 3.05) is 0 Å². The van der Waals surface area contributed by atoms with Gasteiger partial charge in [-0.25, -0.2) is 0 Å². The van der Waals surface area contributed by atoms with Gasteiger partial charge in [-0.3, -0.25) is 4.79 Å². The van der Waals surface area contributed by atoms with Gasteiger partial charge in [0.1, 0.15) is 0 Å². The molecule has 1 nitrogen and oxygen atoms in total. The number of benzene rings is 1. The molecule has 88 valence electrons. The molecular weight excluding hydrogens is 196 g/mol. The molecule has 1 rings (SSSR count). The smallest absolute Gasteiger partial charge is 0.166 e. The molecule has 1 aromatic rings. The lowest BCUT2D eigenvalue weighted by molar-refractivity contribution is 0.0898. The minimum Gasteiger partial charge on any atom is -0.294 e. The number of hydrogen-bond donors (Lipinski definition) is 0. The maximum Gasteiger partial charge on any atom is 0.166 e. The van der Waals surface area contributed by atoms with Gasteiger partial charge in [-0.15, -0.1) is 0 Å². The quantitative estimate of drug-likeness (QED) is 0.698. The van der Waals surface area contributed by atoms with Crippen LogP contribution in [0.15, 0.2) is 12.1 Å². The topological polar surface area (TPSA) is 17.1 Å². The molecule has 0 radical (unpaired) electrons. The van der Waals surface area contributed by atoms with Crippen LogP contribution in [0.25, 0.3) is 0 Å². The highest BCUT2D eigenvalue weighted by Gasteiger charge is 2.21. The molecule has 0 aliphatic carbocycles. The first kappa shape index (κ1) is 13.0. The zero-order valence-corrected chi connectivity index (χ0v) is 11.2. The third kappa shape index (κ3) is 2.52. The highest BCUT2D eigenvalue weighted by atomic mass is 16.1. The Kier molecular flexibility index (Phi) is 3.90. The zero-order chi connectivity index (χ0) is 12.5. The van der Waals surface area contributed by atoms with Gasteiger partial charge >= 0.3 is 0 Å². The fourth-order valence-electron chi connectivity index (χ4n) is 2.10. The molecule has 0 N–H and O–H groups in total. The number of aryl methyl sites for hydroxylation is 3. The van der Waals surface area contributed by atoms with Crippen LogP contribution in [-0.2, 0) is 0 Å². The van der Waals surface area contributed by atoms with Crippen molar-refractivity contribution in [3.05, 3.63) is 34.4 Å². The average molecular weight is 218 g/mol. The van der Waals surface area contributed by atoms with Crippen molar-refractivity contribution in [3.8, 4) is 0 Å². The highest BCUT2D eigenvalue weighted by molar-refractivity contribution is 6.00. The van der Waals surface area contributed by atoms with Crippen LogP contribution in [0.4, 0.5) is 0 Å². The Morgan fingerprint density at radius 2 is 1.44 bits per heavy atom. The van der Waals surface area contributed by atoms with Gasteiger partial charge in [0.15, 0.2) is 5.78 Å². The van der Waals surface area contributed by atoms with Crippen molar-refractivity contribution in [3.63, 3.8) is 0 Å². The molecule has 0 heterocycles. The van der Waals surface area contributed by atoms with Crippen LogP contribution in [0.2, 0.25) is 0 Å². The van der Waals surface area contributed by atoms with E-state index in [1.165, 1.54) is 5.56 Å². The third-order valence-corrected chi connectivity index (χ3v) is 3.34. The van der Waals surface area contributed by atoms with E-state index in [1.54, 1.807) is 0 Å². The fraction of sp³-hybridized carbons (Fsp3) is 0.533. The van der Waals surface area contributed by atoms with Gasteiger partial charge in [-0.1, -0.05) is 38.5 Å². The Hall–Kier alpha value is -1.11. The van der Waals surface area contributed by atoms with Crippen molar-refractivity contribution in [2.24, 2.45) is 11.8 Å². The third-order valence-electron chi connectivity index (χ3n) is 3.34. The zero-order valence-electron chi connectivity index (χ0n) is 11.2. The molecule has 0 saturated heterocycles. The van der Waals surface area contributed by atoms with Gasteiger partial charge in [-0.05, 0) is 37.8 Å². The SMILES string of the molecule is Cc1cc(C)c(C(=O)C(C)C(C)C)c(C)c1. The molecule has 0 saturated carbocycles. The molecule has 1 heteroatoms. The van der Waals surface area contributed by atoms with E-state index < -0.39 is 0 Å². The summed E-state index contributed by atoms with van der Waals surface area (Å²) in [5.41, 5.74) is 4.36. The minimum absolute atomic E-state index is 0.0973. The first-order chi connectivity index (χ1) is 7.34. The summed E-state index contributed by atoms with van der Waals surface area (Å²) < 4.78 is 0. The lowest BCUT2D eigenvalue weighted by atomic mass is 9.85. The van der Waals surface area contributed by atoms with Crippen LogP contribution in [0.3, 0.4) is 0 Å². The molecule has 1 aromatic carbocycles. The average Bonchev–Trinajstić information content (AvgIpc) is 2.14. The number of ketones is 1. The molecule has 0 aliphatic rings. The molecule has 16 heavy (non-hydrogen) atoms. The van der Waals surface area contributed by atoms with Gasteiger partial charge in [0, 0.05) is 11.5 Å². The van der Waals surface area contributed by atoms with E-state index in [2.05, 4.69) is 32.9 Å². The largest absolute Gasteiger partial charge is 0.294 e. The van der Waals surface area contributed by atoms with E-state index in [9.17, 15) is 4.79 Å². The Balaban J connectivity index is 3.19. The van der Waals surface area contributed by atoms with Gasteiger partial charge < -0.3 is 0 Å². The maximum atomic E-state index is 12.3. The second-order valence-corrected chi connectivity index (χ2v) is 5.17. The summed E-state index contributed by atoms with van der Waals surface area (Å²) in [6.45, 7) is 12.3. The summed E-state index contributed by atoms with van der Waals surface area (Å²) in [6.07, 6.45) is 0. The van der Waals surface area contributed by atoms with Crippen LogP contribution in [-0.4, -0.2) is 5.78 Å². The van der Waals surface area contributed by atoms with Gasteiger partial charge in [0.25, 0.3) is 0 Å². The van der Waals surface area contributed by atoms with Crippen LogP contribution in [0.5, 0.6) is 0 Å². The summed E-state index contributed by atoms with van der Waals surface area (Å²) in [7, 11) is 0. The molecule has 1 atom stereocenters. The van der Waals surface area contributed by atoms with Crippen LogP contribution < -0.4 is 0 Å². The summed E-state index contributed by atoms with van der Waals surface area (Å²) >= 11 is 0. The van der Waals surface area contributed by atoms with Crippen LogP contribution >= 0.6 is 0 Å². The van der Waals surface area contributed by atoms with E-state index >= 15 is 0 Å². The van der Waals surface area contributed by atoms with Gasteiger partial charge in [0.2, 0.25) is 0 Å². The number of hydrogen-bond acceptors (Lipinski definition) is 1. The summed E-state index contributed by atoms with van der Waals surface area (Å²) in [4.78, 5) is 12.3. The van der Waals surface area contributed by atoms with Crippen molar-refractivity contribution in [2.45, 2.75) is 41.5 Å². The molecule has 0 amide bonds. The van der Waals surface area contributed by atoms with E-state index in [1.807, 2.05) is 20.8 Å². The Bertz CT molecular complexity index is 379. The first-order valence-corrected chi connectivity index (χ1v) is 5.96. The number of carbonyl (C=O) groups excluding carboxylic acids is 1. The molecule has 0 bridgehead atoms. The first-order valence-electron chi connectivity index (χ1n) is 5.96. The minimum atomic E-state index is 0.0973. The normalized spacial score (nSPS) is 12.9. The molecule has 0 spiro atoms. The summed E-state index contributed by atoms with van der Waals surface area (Å²) in [5, 5.41) is 0. The number of Topliss-reactive ketones (excluding diaryl/α,β-unsaturated/α-hetero) is 1. The fourth-order valence-corrected chi connectivity index (χ4v) is 2.10. The van der Waals surface area contributed by atoms with Crippen molar-refractivity contribution < 1.29 is 4.79 Å². The summed E-state index contributed by atoms with van der Waals surface area (Å²) in [6, 6.07) is 4.18.